The molecule has 0 aliphatic heterocycles. The van der Waals surface area contributed by atoms with Crippen LogP contribution in [0.3, 0.4) is 0 Å². The lowest BCUT2D eigenvalue weighted by Crippen LogP contribution is -2.46. The van der Waals surface area contributed by atoms with E-state index in [2.05, 4.69) is 5.32 Å². The number of aliphatic hydroxyl groups is 1. The van der Waals surface area contributed by atoms with Crippen LogP contribution in [0.25, 0.3) is 0 Å². The van der Waals surface area contributed by atoms with Crippen molar-refractivity contribution in [2.45, 2.75) is 18.9 Å². The van der Waals surface area contributed by atoms with Gasteiger partial charge in [-0.15, -0.1) is 0 Å². The van der Waals surface area contributed by atoms with E-state index >= 15 is 0 Å². The summed E-state index contributed by atoms with van der Waals surface area (Å²) in [7, 11) is 0. The first-order valence-corrected chi connectivity index (χ1v) is 5.82. The van der Waals surface area contributed by atoms with Gasteiger partial charge in [-0.1, -0.05) is 24.3 Å². The molecule has 3 N–H and O–H groups in total. The maximum absolute atomic E-state index is 11.9. The first-order valence-electron chi connectivity index (χ1n) is 5.82. The summed E-state index contributed by atoms with van der Waals surface area (Å²) in [5, 5.41) is 20.0. The summed E-state index contributed by atoms with van der Waals surface area (Å²) in [5.41, 5.74) is 2.27. The number of hydrogen-bond acceptors (Lipinski definition) is 3. The smallest absolute Gasteiger partial charge is 0.328 e. The average Bonchev–Trinajstić information content (AvgIpc) is 2.79. The second-order valence-corrected chi connectivity index (χ2v) is 4.46. The molecule has 0 aromatic heterocycles. The number of carbonyl (C=O) groups is 2. The molecule has 0 radical (unpaired) electrons. The van der Waals surface area contributed by atoms with Gasteiger partial charge in [0, 0.05) is 5.92 Å². The van der Waals surface area contributed by atoms with Gasteiger partial charge in [0.2, 0.25) is 5.91 Å². The van der Waals surface area contributed by atoms with Crippen molar-refractivity contribution in [3.05, 3.63) is 35.4 Å². The first-order chi connectivity index (χ1) is 8.61. The maximum atomic E-state index is 11.9. The Morgan fingerprint density at radius 3 is 2.28 bits per heavy atom. The minimum atomic E-state index is -1.22. The standard InChI is InChI=1S/C13H15NO4/c15-7-11(13(17)18)14-12(16)10-5-8-3-1-2-4-9(8)6-10/h1-4,10-11,15H,5-7H2,(H,14,16)(H,17,18). The molecule has 1 aliphatic rings. The zero-order valence-corrected chi connectivity index (χ0v) is 9.80. The number of carbonyl (C=O) groups excluding carboxylic acids is 1. The zero-order valence-electron chi connectivity index (χ0n) is 9.80. The van der Waals surface area contributed by atoms with E-state index in [1.807, 2.05) is 24.3 Å². The molecule has 1 atom stereocenters. The normalized spacial score (nSPS) is 16.1. The third kappa shape index (κ3) is 2.51. The topological polar surface area (TPSA) is 86.6 Å². The van der Waals surface area contributed by atoms with Gasteiger partial charge in [0.1, 0.15) is 6.04 Å². The van der Waals surface area contributed by atoms with Gasteiger partial charge in [-0.3, -0.25) is 4.79 Å². The summed E-state index contributed by atoms with van der Waals surface area (Å²) in [6.07, 6.45) is 1.25. The number of benzene rings is 1. The van der Waals surface area contributed by atoms with Crippen LogP contribution < -0.4 is 5.32 Å². The highest BCUT2D eigenvalue weighted by molar-refractivity contribution is 5.85. The number of carboxylic acid groups (broad SMARTS) is 1. The van der Waals surface area contributed by atoms with Crippen molar-refractivity contribution in [3.8, 4) is 0 Å². The van der Waals surface area contributed by atoms with Crippen LogP contribution in [-0.2, 0) is 22.4 Å². The fraction of sp³-hybridized carbons (Fsp3) is 0.385. The molecule has 0 saturated carbocycles. The highest BCUT2D eigenvalue weighted by atomic mass is 16.4. The van der Waals surface area contributed by atoms with Crippen LogP contribution in [0.15, 0.2) is 24.3 Å². The fourth-order valence-electron chi connectivity index (χ4n) is 2.22. The molecular weight excluding hydrogens is 234 g/mol. The Kier molecular flexibility index (Phi) is 3.62. The summed E-state index contributed by atoms with van der Waals surface area (Å²) < 4.78 is 0. The Hall–Kier alpha value is -1.88. The van der Waals surface area contributed by atoms with E-state index in [1.54, 1.807) is 0 Å². The van der Waals surface area contributed by atoms with Crippen LogP contribution in [0.5, 0.6) is 0 Å². The summed E-state index contributed by atoms with van der Waals surface area (Å²) in [4.78, 5) is 22.6. The molecular formula is C13H15NO4. The molecule has 1 aliphatic carbocycles. The summed E-state index contributed by atoms with van der Waals surface area (Å²) in [6.45, 7) is -0.596. The summed E-state index contributed by atoms with van der Waals surface area (Å²) in [6, 6.07) is 6.58. The zero-order chi connectivity index (χ0) is 13.1. The van der Waals surface area contributed by atoms with E-state index in [0.29, 0.717) is 12.8 Å². The molecule has 5 nitrogen and oxygen atoms in total. The Balaban J connectivity index is 1.99. The molecule has 0 spiro atoms. The van der Waals surface area contributed by atoms with Crippen molar-refractivity contribution < 1.29 is 19.8 Å². The number of amides is 1. The number of carboxylic acids is 1. The van der Waals surface area contributed by atoms with Crippen LogP contribution in [0.2, 0.25) is 0 Å². The predicted molar refractivity (Wildman–Crippen MR) is 64.0 cm³/mol. The van der Waals surface area contributed by atoms with E-state index in [-0.39, 0.29) is 11.8 Å². The van der Waals surface area contributed by atoms with Crippen molar-refractivity contribution in [3.63, 3.8) is 0 Å². The molecule has 1 unspecified atom stereocenters. The predicted octanol–water partition coefficient (Wildman–Crippen LogP) is -0.0369. The molecule has 18 heavy (non-hydrogen) atoms. The van der Waals surface area contributed by atoms with Crippen LogP contribution in [-0.4, -0.2) is 34.7 Å². The molecule has 1 amide bonds. The number of aliphatic hydroxyl groups excluding tert-OH is 1. The van der Waals surface area contributed by atoms with Crippen molar-refractivity contribution in [2.75, 3.05) is 6.61 Å². The minimum absolute atomic E-state index is 0.240. The van der Waals surface area contributed by atoms with Gasteiger partial charge in [-0.2, -0.15) is 0 Å². The Labute approximate surface area is 104 Å². The fourth-order valence-corrected chi connectivity index (χ4v) is 2.22. The molecule has 5 heteroatoms. The molecule has 2 rings (SSSR count). The molecule has 96 valence electrons. The number of aliphatic carboxylic acids is 1. The monoisotopic (exact) mass is 249 g/mol. The van der Waals surface area contributed by atoms with E-state index in [4.69, 9.17) is 10.2 Å². The lowest BCUT2D eigenvalue weighted by Gasteiger charge is -2.15. The quantitative estimate of drug-likeness (QED) is 0.699. The van der Waals surface area contributed by atoms with Gasteiger partial charge in [-0.05, 0) is 24.0 Å². The van der Waals surface area contributed by atoms with Crippen molar-refractivity contribution in [1.82, 2.24) is 5.32 Å². The lowest BCUT2D eigenvalue weighted by molar-refractivity contribution is -0.143. The molecule has 1 aromatic rings. The van der Waals surface area contributed by atoms with E-state index < -0.39 is 18.6 Å². The molecule has 1 aromatic carbocycles. The average molecular weight is 249 g/mol. The van der Waals surface area contributed by atoms with Gasteiger partial charge < -0.3 is 15.5 Å². The van der Waals surface area contributed by atoms with Gasteiger partial charge in [0.25, 0.3) is 0 Å². The van der Waals surface area contributed by atoms with Crippen molar-refractivity contribution >= 4 is 11.9 Å². The van der Waals surface area contributed by atoms with Gasteiger partial charge in [0.15, 0.2) is 0 Å². The number of hydrogen-bond donors (Lipinski definition) is 3. The first kappa shape index (κ1) is 12.6. The van der Waals surface area contributed by atoms with Crippen molar-refractivity contribution in [1.29, 1.82) is 0 Å². The second-order valence-electron chi connectivity index (χ2n) is 4.46. The molecule has 0 heterocycles. The highest BCUT2D eigenvalue weighted by Crippen LogP contribution is 2.26. The lowest BCUT2D eigenvalue weighted by atomic mass is 10.1. The SMILES string of the molecule is O=C(NC(CO)C(=O)O)C1Cc2ccccc2C1. The van der Waals surface area contributed by atoms with Crippen LogP contribution in [0.1, 0.15) is 11.1 Å². The Morgan fingerprint density at radius 1 is 1.28 bits per heavy atom. The molecule has 0 fully saturated rings. The van der Waals surface area contributed by atoms with E-state index in [0.717, 1.165) is 11.1 Å². The summed E-state index contributed by atoms with van der Waals surface area (Å²) in [5.74, 6) is -1.77. The number of fused-ring (bicyclic) bond motifs is 1. The summed E-state index contributed by atoms with van der Waals surface area (Å²) >= 11 is 0. The molecule has 0 bridgehead atoms. The highest BCUT2D eigenvalue weighted by Gasteiger charge is 2.29. The third-order valence-electron chi connectivity index (χ3n) is 3.22. The maximum Gasteiger partial charge on any atom is 0.328 e. The van der Waals surface area contributed by atoms with Crippen LogP contribution in [0.4, 0.5) is 0 Å². The van der Waals surface area contributed by atoms with E-state index in [1.165, 1.54) is 0 Å². The van der Waals surface area contributed by atoms with Gasteiger partial charge >= 0.3 is 5.97 Å². The largest absolute Gasteiger partial charge is 0.480 e. The van der Waals surface area contributed by atoms with Gasteiger partial charge in [-0.25, -0.2) is 4.79 Å². The van der Waals surface area contributed by atoms with Gasteiger partial charge in [0.05, 0.1) is 6.61 Å². The minimum Gasteiger partial charge on any atom is -0.480 e. The molecule has 0 saturated heterocycles. The third-order valence-corrected chi connectivity index (χ3v) is 3.22. The Morgan fingerprint density at radius 2 is 1.83 bits per heavy atom. The number of rotatable bonds is 4. The Bertz CT molecular complexity index is 447. The van der Waals surface area contributed by atoms with Crippen LogP contribution >= 0.6 is 0 Å². The number of nitrogens with one attached hydrogen (secondary N) is 1. The van der Waals surface area contributed by atoms with Crippen LogP contribution in [0, 0.1) is 5.92 Å². The van der Waals surface area contributed by atoms with Crippen molar-refractivity contribution in [2.24, 2.45) is 5.92 Å². The van der Waals surface area contributed by atoms with E-state index in [9.17, 15) is 9.59 Å². The second kappa shape index (κ2) is 5.18.